The fourth-order valence-electron chi connectivity index (χ4n) is 3.60. The Kier molecular flexibility index (Phi) is 8.55. The van der Waals surface area contributed by atoms with Crippen molar-refractivity contribution in [1.29, 1.82) is 0 Å². The third-order valence-corrected chi connectivity index (χ3v) is 5.03. The predicted octanol–water partition coefficient (Wildman–Crippen LogP) is 3.33. The third kappa shape index (κ3) is 7.06. The zero-order valence-electron chi connectivity index (χ0n) is 16.1. The highest BCUT2D eigenvalue weighted by Crippen LogP contribution is 2.24. The monoisotopic (exact) mass is 363 g/mol. The fraction of sp³-hybridized carbons (Fsp3) is 0.667. The molecule has 1 heterocycles. The van der Waals surface area contributed by atoms with E-state index < -0.39 is 12.1 Å². The number of rotatable bonds is 11. The zero-order chi connectivity index (χ0) is 18.9. The van der Waals surface area contributed by atoms with E-state index in [1.165, 1.54) is 24.0 Å². The van der Waals surface area contributed by atoms with Gasteiger partial charge in [0.2, 0.25) is 0 Å². The van der Waals surface area contributed by atoms with Crippen molar-refractivity contribution >= 4 is 5.97 Å². The SMILES string of the molecule is Cc1ccc(C(C)OCC(O)CN2CCCC2)c(CCCCC(=O)O)c1. The van der Waals surface area contributed by atoms with E-state index >= 15 is 0 Å². The van der Waals surface area contributed by atoms with Crippen LogP contribution in [0.4, 0.5) is 0 Å². The fourth-order valence-corrected chi connectivity index (χ4v) is 3.60. The molecule has 0 aromatic heterocycles. The second-order valence-corrected chi connectivity index (χ2v) is 7.44. The van der Waals surface area contributed by atoms with Crippen LogP contribution in [0.25, 0.3) is 0 Å². The quantitative estimate of drug-likeness (QED) is 0.590. The van der Waals surface area contributed by atoms with Gasteiger partial charge in [-0.15, -0.1) is 0 Å². The number of likely N-dealkylation sites (tertiary alicyclic amines) is 1. The van der Waals surface area contributed by atoms with Gasteiger partial charge in [0.25, 0.3) is 0 Å². The Morgan fingerprint density at radius 3 is 2.69 bits per heavy atom. The molecular weight excluding hydrogens is 330 g/mol. The van der Waals surface area contributed by atoms with E-state index in [1.807, 2.05) is 6.92 Å². The third-order valence-electron chi connectivity index (χ3n) is 5.03. The molecule has 0 amide bonds. The standard InChI is InChI=1S/C21H33NO4/c1-16-9-10-20(18(13-16)7-3-4-8-21(24)25)17(2)26-15-19(23)14-22-11-5-6-12-22/h9-10,13,17,19,23H,3-8,11-12,14-15H2,1-2H3,(H,24,25). The van der Waals surface area contributed by atoms with E-state index in [2.05, 4.69) is 30.0 Å². The Morgan fingerprint density at radius 2 is 2.00 bits per heavy atom. The molecule has 5 nitrogen and oxygen atoms in total. The summed E-state index contributed by atoms with van der Waals surface area (Å²) in [6, 6.07) is 6.34. The molecule has 0 radical (unpaired) electrons. The lowest BCUT2D eigenvalue weighted by Crippen LogP contribution is -2.33. The van der Waals surface area contributed by atoms with Gasteiger partial charge in [0.15, 0.2) is 0 Å². The normalized spacial score (nSPS) is 17.3. The lowest BCUT2D eigenvalue weighted by Gasteiger charge is -2.22. The number of aliphatic carboxylic acids is 1. The average Bonchev–Trinajstić information content (AvgIpc) is 3.09. The van der Waals surface area contributed by atoms with Crippen LogP contribution in [0.2, 0.25) is 0 Å². The molecule has 2 unspecified atom stereocenters. The van der Waals surface area contributed by atoms with E-state index in [9.17, 15) is 9.90 Å². The van der Waals surface area contributed by atoms with Crippen LogP contribution in [-0.4, -0.2) is 53.4 Å². The minimum absolute atomic E-state index is 0.0849. The van der Waals surface area contributed by atoms with Crippen molar-refractivity contribution in [2.45, 2.75) is 64.6 Å². The first kappa shape index (κ1) is 20.9. The van der Waals surface area contributed by atoms with Crippen LogP contribution in [0.15, 0.2) is 18.2 Å². The second-order valence-electron chi connectivity index (χ2n) is 7.44. The Morgan fingerprint density at radius 1 is 1.27 bits per heavy atom. The molecule has 26 heavy (non-hydrogen) atoms. The number of benzene rings is 1. The van der Waals surface area contributed by atoms with Gasteiger partial charge >= 0.3 is 5.97 Å². The summed E-state index contributed by atoms with van der Waals surface area (Å²) in [4.78, 5) is 13.0. The molecule has 1 fully saturated rings. The van der Waals surface area contributed by atoms with Crippen LogP contribution in [-0.2, 0) is 16.0 Å². The number of carboxylic acid groups (broad SMARTS) is 1. The summed E-state index contributed by atoms with van der Waals surface area (Å²) in [6.45, 7) is 7.26. The highest BCUT2D eigenvalue weighted by molar-refractivity contribution is 5.66. The van der Waals surface area contributed by atoms with Crippen molar-refractivity contribution < 1.29 is 19.7 Å². The van der Waals surface area contributed by atoms with Gasteiger partial charge in [-0.3, -0.25) is 4.79 Å². The van der Waals surface area contributed by atoms with Gasteiger partial charge in [-0.1, -0.05) is 23.8 Å². The lowest BCUT2D eigenvalue weighted by atomic mass is 9.96. The summed E-state index contributed by atoms with van der Waals surface area (Å²) < 4.78 is 5.95. The van der Waals surface area contributed by atoms with Crippen LogP contribution < -0.4 is 0 Å². The summed E-state index contributed by atoms with van der Waals surface area (Å²) in [7, 11) is 0. The van der Waals surface area contributed by atoms with E-state index in [-0.39, 0.29) is 12.5 Å². The average molecular weight is 363 g/mol. The van der Waals surface area contributed by atoms with Gasteiger partial charge < -0.3 is 19.8 Å². The molecule has 1 aromatic carbocycles. The van der Waals surface area contributed by atoms with Gasteiger partial charge in [-0.05, 0) is 70.2 Å². The number of hydrogen-bond donors (Lipinski definition) is 2. The Hall–Kier alpha value is -1.43. The van der Waals surface area contributed by atoms with E-state index in [1.54, 1.807) is 0 Å². The summed E-state index contributed by atoms with van der Waals surface area (Å²) >= 11 is 0. The number of nitrogens with zero attached hydrogens (tertiary/aromatic N) is 1. The van der Waals surface area contributed by atoms with Crippen molar-refractivity contribution in [1.82, 2.24) is 4.90 Å². The molecule has 2 rings (SSSR count). The Labute approximate surface area is 157 Å². The minimum Gasteiger partial charge on any atom is -0.481 e. The minimum atomic E-state index is -0.738. The first-order valence-electron chi connectivity index (χ1n) is 9.79. The van der Waals surface area contributed by atoms with Crippen LogP contribution >= 0.6 is 0 Å². The number of aryl methyl sites for hydroxylation is 2. The van der Waals surface area contributed by atoms with Gasteiger partial charge in [-0.25, -0.2) is 0 Å². The van der Waals surface area contributed by atoms with Gasteiger partial charge in [0.1, 0.15) is 0 Å². The largest absolute Gasteiger partial charge is 0.481 e. The highest BCUT2D eigenvalue weighted by Gasteiger charge is 2.18. The maximum atomic E-state index is 10.7. The van der Waals surface area contributed by atoms with Gasteiger partial charge in [-0.2, -0.15) is 0 Å². The number of aliphatic hydroxyl groups excluding tert-OH is 1. The molecule has 1 aromatic rings. The van der Waals surface area contributed by atoms with Crippen molar-refractivity contribution in [2.75, 3.05) is 26.2 Å². The molecule has 146 valence electrons. The molecule has 1 aliphatic heterocycles. The topological polar surface area (TPSA) is 70.0 Å². The van der Waals surface area contributed by atoms with E-state index in [0.29, 0.717) is 19.6 Å². The summed E-state index contributed by atoms with van der Waals surface area (Å²) in [6.07, 6.45) is 4.51. The number of β-amino-alcohol motifs (C(OH)–C–C–N with tert-alkyl or cyclic N) is 1. The van der Waals surface area contributed by atoms with E-state index in [4.69, 9.17) is 9.84 Å². The molecular formula is C21H33NO4. The number of aliphatic hydroxyl groups is 1. The second kappa shape index (κ2) is 10.7. The van der Waals surface area contributed by atoms with Crippen LogP contribution in [0.3, 0.4) is 0 Å². The maximum Gasteiger partial charge on any atom is 0.303 e. The smallest absolute Gasteiger partial charge is 0.303 e. The molecule has 2 N–H and O–H groups in total. The molecule has 0 saturated carbocycles. The number of carboxylic acids is 1. The highest BCUT2D eigenvalue weighted by atomic mass is 16.5. The van der Waals surface area contributed by atoms with E-state index in [0.717, 1.165) is 31.5 Å². The predicted molar refractivity (Wildman–Crippen MR) is 102 cm³/mol. The first-order valence-corrected chi connectivity index (χ1v) is 9.79. The summed E-state index contributed by atoms with van der Waals surface area (Å²) in [5.41, 5.74) is 3.56. The maximum absolute atomic E-state index is 10.7. The van der Waals surface area contributed by atoms with Crippen molar-refractivity contribution in [2.24, 2.45) is 0 Å². The first-order chi connectivity index (χ1) is 12.5. The lowest BCUT2D eigenvalue weighted by molar-refractivity contribution is -0.137. The number of ether oxygens (including phenoxy) is 1. The molecule has 0 aliphatic carbocycles. The van der Waals surface area contributed by atoms with Crippen LogP contribution in [0.1, 0.15) is 61.8 Å². The molecule has 5 heteroatoms. The number of carbonyl (C=O) groups is 1. The number of unbranched alkanes of at least 4 members (excludes halogenated alkanes) is 1. The van der Waals surface area contributed by atoms with Crippen molar-refractivity contribution in [3.8, 4) is 0 Å². The Balaban J connectivity index is 1.85. The van der Waals surface area contributed by atoms with Crippen LogP contribution in [0, 0.1) is 6.92 Å². The molecule has 0 spiro atoms. The van der Waals surface area contributed by atoms with Crippen LogP contribution in [0.5, 0.6) is 0 Å². The van der Waals surface area contributed by atoms with Gasteiger partial charge in [0, 0.05) is 13.0 Å². The summed E-state index contributed by atoms with van der Waals surface area (Å²) in [5, 5.41) is 19.0. The number of hydrogen-bond acceptors (Lipinski definition) is 4. The molecule has 0 bridgehead atoms. The summed E-state index contributed by atoms with van der Waals surface area (Å²) in [5.74, 6) is -0.738. The molecule has 1 saturated heterocycles. The Bertz CT molecular complexity index is 569. The van der Waals surface area contributed by atoms with Gasteiger partial charge in [0.05, 0.1) is 18.8 Å². The van der Waals surface area contributed by atoms with Crippen molar-refractivity contribution in [3.05, 3.63) is 34.9 Å². The van der Waals surface area contributed by atoms with Crippen molar-refractivity contribution in [3.63, 3.8) is 0 Å². The molecule has 1 aliphatic rings. The molecule has 2 atom stereocenters. The zero-order valence-corrected chi connectivity index (χ0v) is 16.1.